The summed E-state index contributed by atoms with van der Waals surface area (Å²) in [6.07, 6.45) is -10.7. The van der Waals surface area contributed by atoms with E-state index in [4.69, 9.17) is 20.9 Å². The van der Waals surface area contributed by atoms with Crippen molar-refractivity contribution in [2.75, 3.05) is 18.0 Å². The van der Waals surface area contributed by atoms with Gasteiger partial charge in [-0.05, 0) is 55.0 Å². The molecule has 1 atom stereocenters. The average molecular weight is 676 g/mol. The van der Waals surface area contributed by atoms with Gasteiger partial charge in [-0.3, -0.25) is 9.10 Å². The molecule has 0 fully saturated rings. The molecule has 0 bridgehead atoms. The monoisotopic (exact) mass is 675 g/mol. The standard InChI is InChI=1S/C28H20ClF6N3O6S/c1-42-23(39)11-9-17-14-38(45(40,41)18-5-2-4-16(13-18)27(30,31)32)21-12-15(8-10-22(21)43-17)26-36-25(37-44-26)24-19(28(33,34)35)6-3-7-20(24)29/h2-8,10,12-13,17H,9,11,14H2,1H3/t17-/m0/s1. The number of carbonyl (C=O) groups excluding carboxylic acids is 1. The molecule has 238 valence electrons. The van der Waals surface area contributed by atoms with Gasteiger partial charge in [0.2, 0.25) is 5.82 Å². The van der Waals surface area contributed by atoms with Crippen molar-refractivity contribution < 1.29 is 53.6 Å². The molecule has 3 aromatic carbocycles. The number of rotatable bonds is 7. The highest BCUT2D eigenvalue weighted by molar-refractivity contribution is 7.92. The van der Waals surface area contributed by atoms with Crippen molar-refractivity contribution in [2.45, 2.75) is 36.2 Å². The highest BCUT2D eigenvalue weighted by Gasteiger charge is 2.38. The lowest BCUT2D eigenvalue weighted by Crippen LogP contribution is -2.43. The van der Waals surface area contributed by atoms with Gasteiger partial charge in [0.1, 0.15) is 11.9 Å². The van der Waals surface area contributed by atoms with E-state index in [0.29, 0.717) is 6.07 Å². The van der Waals surface area contributed by atoms with Crippen LogP contribution in [-0.4, -0.2) is 44.3 Å². The highest BCUT2D eigenvalue weighted by atomic mass is 35.5. The fourth-order valence-corrected chi connectivity index (χ4v) is 6.40. The molecule has 2 heterocycles. The summed E-state index contributed by atoms with van der Waals surface area (Å²) in [5, 5.41) is 3.34. The lowest BCUT2D eigenvalue weighted by atomic mass is 10.1. The van der Waals surface area contributed by atoms with E-state index >= 15 is 0 Å². The maximum absolute atomic E-state index is 13.8. The molecule has 1 aromatic heterocycles. The Balaban J connectivity index is 1.58. The Morgan fingerprint density at radius 1 is 1.04 bits per heavy atom. The van der Waals surface area contributed by atoms with E-state index in [-0.39, 0.29) is 40.8 Å². The van der Waals surface area contributed by atoms with Crippen molar-refractivity contribution in [3.8, 4) is 28.6 Å². The molecule has 5 rings (SSSR count). The molecule has 0 radical (unpaired) electrons. The first-order valence-corrected chi connectivity index (χ1v) is 14.7. The summed E-state index contributed by atoms with van der Waals surface area (Å²) >= 11 is 6.04. The van der Waals surface area contributed by atoms with Crippen molar-refractivity contribution in [1.29, 1.82) is 0 Å². The van der Waals surface area contributed by atoms with Crippen LogP contribution in [0.1, 0.15) is 24.0 Å². The summed E-state index contributed by atoms with van der Waals surface area (Å²) in [7, 11) is -3.50. The number of hydrogen-bond acceptors (Lipinski definition) is 8. The molecule has 45 heavy (non-hydrogen) atoms. The molecule has 1 aliphatic heterocycles. The van der Waals surface area contributed by atoms with Crippen LogP contribution in [0.3, 0.4) is 0 Å². The molecule has 4 aromatic rings. The number of anilines is 1. The van der Waals surface area contributed by atoms with Gasteiger partial charge in [-0.25, -0.2) is 8.42 Å². The summed E-state index contributed by atoms with van der Waals surface area (Å²) in [4.78, 5) is 15.1. The Bertz CT molecular complexity index is 1860. The molecule has 0 unspecified atom stereocenters. The fraction of sp³-hybridized carbons (Fsp3) is 0.250. The third kappa shape index (κ3) is 6.56. The van der Waals surface area contributed by atoms with Crippen LogP contribution < -0.4 is 9.04 Å². The second-order valence-corrected chi connectivity index (χ2v) is 12.0. The van der Waals surface area contributed by atoms with E-state index in [2.05, 4.69) is 14.9 Å². The van der Waals surface area contributed by atoms with Gasteiger partial charge in [0.25, 0.3) is 15.9 Å². The maximum Gasteiger partial charge on any atom is 0.417 e. The Labute approximate surface area is 256 Å². The first-order chi connectivity index (χ1) is 21.1. The maximum atomic E-state index is 13.8. The number of fused-ring (bicyclic) bond motifs is 1. The molecule has 0 saturated carbocycles. The summed E-state index contributed by atoms with van der Waals surface area (Å²) in [5.41, 5.74) is -2.92. The van der Waals surface area contributed by atoms with Crippen molar-refractivity contribution in [3.05, 3.63) is 76.8 Å². The zero-order valence-corrected chi connectivity index (χ0v) is 24.4. The molecule has 1 aliphatic rings. The van der Waals surface area contributed by atoms with Crippen LogP contribution in [0.15, 0.2) is 70.1 Å². The van der Waals surface area contributed by atoms with E-state index in [1.807, 2.05) is 0 Å². The minimum atomic E-state index is -4.83. The van der Waals surface area contributed by atoms with Crippen LogP contribution in [0.4, 0.5) is 32.0 Å². The van der Waals surface area contributed by atoms with Crippen LogP contribution in [0, 0.1) is 0 Å². The Morgan fingerprint density at radius 2 is 1.78 bits per heavy atom. The number of sulfonamides is 1. The molecular formula is C28H20ClF6N3O6S. The topological polar surface area (TPSA) is 112 Å². The van der Waals surface area contributed by atoms with Crippen molar-refractivity contribution >= 4 is 33.3 Å². The fourth-order valence-electron chi connectivity index (χ4n) is 4.59. The number of nitrogens with zero attached hydrogens (tertiary/aromatic N) is 3. The SMILES string of the molecule is COC(=O)CC[C@H]1CN(S(=O)(=O)c2cccc(C(F)(F)F)c2)c2cc(-c3nc(-c4c(Cl)cccc4C(F)(F)F)no3)ccc2O1. The molecule has 17 heteroatoms. The van der Waals surface area contributed by atoms with Gasteiger partial charge in [0, 0.05) is 12.0 Å². The van der Waals surface area contributed by atoms with Crippen LogP contribution in [0.5, 0.6) is 5.75 Å². The molecule has 0 spiro atoms. The zero-order valence-electron chi connectivity index (χ0n) is 22.8. The van der Waals surface area contributed by atoms with Crippen LogP contribution >= 0.6 is 11.6 Å². The van der Waals surface area contributed by atoms with E-state index < -0.39 is 68.4 Å². The summed E-state index contributed by atoms with van der Waals surface area (Å²) in [5.74, 6) is -1.41. The van der Waals surface area contributed by atoms with Gasteiger partial charge in [-0.2, -0.15) is 31.3 Å². The molecule has 0 amide bonds. The smallest absolute Gasteiger partial charge is 0.417 e. The first-order valence-electron chi connectivity index (χ1n) is 12.9. The number of aromatic nitrogens is 2. The number of alkyl halides is 6. The number of hydrogen-bond donors (Lipinski definition) is 0. The number of carbonyl (C=O) groups is 1. The zero-order chi connectivity index (χ0) is 32.7. The second kappa shape index (κ2) is 11.9. The van der Waals surface area contributed by atoms with Crippen molar-refractivity contribution in [2.24, 2.45) is 0 Å². The minimum absolute atomic E-state index is 0.00880. The highest BCUT2D eigenvalue weighted by Crippen LogP contribution is 2.43. The average Bonchev–Trinajstić information content (AvgIpc) is 3.48. The lowest BCUT2D eigenvalue weighted by Gasteiger charge is -2.35. The van der Waals surface area contributed by atoms with Gasteiger partial charge in [0.15, 0.2) is 0 Å². The van der Waals surface area contributed by atoms with Crippen LogP contribution in [0.2, 0.25) is 5.02 Å². The summed E-state index contributed by atoms with van der Waals surface area (Å²) < 4.78 is 125. The normalized spacial score (nSPS) is 15.4. The molecule has 0 aliphatic carbocycles. The third-order valence-corrected chi connectivity index (χ3v) is 8.84. The van der Waals surface area contributed by atoms with E-state index in [9.17, 15) is 39.6 Å². The third-order valence-electron chi connectivity index (χ3n) is 6.75. The van der Waals surface area contributed by atoms with Gasteiger partial charge in [-0.15, -0.1) is 0 Å². The van der Waals surface area contributed by atoms with E-state index in [1.54, 1.807) is 0 Å². The predicted molar refractivity (Wildman–Crippen MR) is 147 cm³/mol. The van der Waals surface area contributed by atoms with Crippen molar-refractivity contribution in [1.82, 2.24) is 10.1 Å². The van der Waals surface area contributed by atoms with Crippen molar-refractivity contribution in [3.63, 3.8) is 0 Å². The van der Waals surface area contributed by atoms with E-state index in [1.165, 1.54) is 31.4 Å². The molecule has 0 saturated heterocycles. The number of methoxy groups -OCH3 is 1. The number of esters is 1. The molecular weight excluding hydrogens is 656 g/mol. The quantitative estimate of drug-likeness (QED) is 0.152. The van der Waals surface area contributed by atoms with Gasteiger partial charge in [-0.1, -0.05) is 28.9 Å². The second-order valence-electron chi connectivity index (χ2n) is 9.68. The Morgan fingerprint density at radius 3 is 2.47 bits per heavy atom. The minimum Gasteiger partial charge on any atom is -0.486 e. The van der Waals surface area contributed by atoms with Crippen LogP contribution in [0.25, 0.3) is 22.8 Å². The molecule has 0 N–H and O–H groups in total. The van der Waals surface area contributed by atoms with Gasteiger partial charge >= 0.3 is 18.3 Å². The first kappa shape index (κ1) is 32.1. The predicted octanol–water partition coefficient (Wildman–Crippen LogP) is 7.00. The van der Waals surface area contributed by atoms with E-state index in [0.717, 1.165) is 34.6 Å². The van der Waals surface area contributed by atoms with Crippen LogP contribution in [-0.2, 0) is 31.9 Å². The summed E-state index contributed by atoms with van der Waals surface area (Å²) in [6.45, 7) is -0.407. The Kier molecular flexibility index (Phi) is 8.48. The van der Waals surface area contributed by atoms with Gasteiger partial charge in [0.05, 0.1) is 46.0 Å². The number of halogens is 7. The van der Waals surface area contributed by atoms with Gasteiger partial charge < -0.3 is 14.0 Å². The molecule has 9 nitrogen and oxygen atoms in total. The largest absolute Gasteiger partial charge is 0.486 e. The number of ether oxygens (including phenoxy) is 2. The Hall–Kier alpha value is -4.31. The summed E-state index contributed by atoms with van der Waals surface area (Å²) in [6, 6.07) is 10.2. The lowest BCUT2D eigenvalue weighted by molar-refractivity contribution is -0.141. The number of benzene rings is 3.